The Bertz CT molecular complexity index is 138. The highest BCUT2D eigenvalue weighted by molar-refractivity contribution is 5.36. The third-order valence-corrected chi connectivity index (χ3v) is 2.66. The molecule has 1 heterocycles. The van der Waals surface area contributed by atoms with E-state index < -0.39 is 0 Å². The lowest BCUT2D eigenvalue weighted by molar-refractivity contribution is -0.129. The summed E-state index contributed by atoms with van der Waals surface area (Å²) in [6, 6.07) is 0. The smallest absolute Gasteiger partial charge is 0.293 e. The molecule has 0 spiro atoms. The van der Waals surface area contributed by atoms with Crippen molar-refractivity contribution in [2.45, 2.75) is 19.8 Å². The molecule has 0 aromatic carbocycles. The van der Waals surface area contributed by atoms with Gasteiger partial charge in [0.15, 0.2) is 0 Å². The van der Waals surface area contributed by atoms with Crippen molar-refractivity contribution in [1.29, 1.82) is 0 Å². The molecule has 70 valence electrons. The van der Waals surface area contributed by atoms with Crippen LogP contribution < -0.4 is 5.32 Å². The fourth-order valence-electron chi connectivity index (χ4n) is 1.71. The van der Waals surface area contributed by atoms with E-state index >= 15 is 0 Å². The molecule has 1 aliphatic rings. The minimum atomic E-state index is 0.529. The van der Waals surface area contributed by atoms with Crippen LogP contribution in [0.1, 0.15) is 19.8 Å². The normalized spacial score (nSPS) is 29.8. The minimum Gasteiger partial charge on any atom is -0.468 e. The van der Waals surface area contributed by atoms with Gasteiger partial charge in [0, 0.05) is 0 Å². The zero-order valence-corrected chi connectivity index (χ0v) is 7.58. The maximum absolute atomic E-state index is 9.89. The van der Waals surface area contributed by atoms with Crippen molar-refractivity contribution in [3.8, 4) is 0 Å². The van der Waals surface area contributed by atoms with Crippen molar-refractivity contribution >= 4 is 6.47 Å². The fourth-order valence-corrected chi connectivity index (χ4v) is 1.71. The van der Waals surface area contributed by atoms with E-state index in [1.54, 1.807) is 0 Å². The first kappa shape index (κ1) is 9.52. The molecule has 3 nitrogen and oxygen atoms in total. The highest BCUT2D eigenvalue weighted by Crippen LogP contribution is 2.21. The first-order chi connectivity index (χ1) is 5.84. The van der Waals surface area contributed by atoms with Crippen LogP contribution in [-0.2, 0) is 9.53 Å². The summed E-state index contributed by atoms with van der Waals surface area (Å²) in [7, 11) is 0. The molecular weight excluding hydrogens is 154 g/mol. The minimum absolute atomic E-state index is 0.529. The second-order valence-electron chi connectivity index (χ2n) is 3.49. The summed E-state index contributed by atoms with van der Waals surface area (Å²) in [5.74, 6) is 1.44. The van der Waals surface area contributed by atoms with Gasteiger partial charge in [-0.15, -0.1) is 0 Å². The van der Waals surface area contributed by atoms with Gasteiger partial charge < -0.3 is 10.1 Å². The molecule has 2 unspecified atom stereocenters. The van der Waals surface area contributed by atoms with E-state index in [0.29, 0.717) is 19.0 Å². The Morgan fingerprint density at radius 3 is 3.17 bits per heavy atom. The largest absolute Gasteiger partial charge is 0.468 e. The summed E-state index contributed by atoms with van der Waals surface area (Å²) < 4.78 is 4.68. The van der Waals surface area contributed by atoms with Crippen LogP contribution in [0.25, 0.3) is 0 Å². The number of rotatable bonds is 4. The Morgan fingerprint density at radius 2 is 2.50 bits per heavy atom. The first-order valence-corrected chi connectivity index (χ1v) is 4.60. The maximum atomic E-state index is 9.89. The van der Waals surface area contributed by atoms with Gasteiger partial charge >= 0.3 is 0 Å². The Morgan fingerprint density at radius 1 is 1.67 bits per heavy atom. The molecular formula is C9H17NO2. The SMILES string of the molecule is CC1CCNCC1CCOC=O. The molecule has 3 heteroatoms. The molecule has 0 radical (unpaired) electrons. The maximum Gasteiger partial charge on any atom is 0.293 e. The average Bonchev–Trinajstić information content (AvgIpc) is 2.09. The number of nitrogens with one attached hydrogen (secondary N) is 1. The predicted molar refractivity (Wildman–Crippen MR) is 46.8 cm³/mol. The van der Waals surface area contributed by atoms with Crippen LogP contribution in [-0.4, -0.2) is 26.2 Å². The van der Waals surface area contributed by atoms with Gasteiger partial charge in [-0.25, -0.2) is 0 Å². The van der Waals surface area contributed by atoms with Crippen molar-refractivity contribution in [3.63, 3.8) is 0 Å². The lowest BCUT2D eigenvalue weighted by Crippen LogP contribution is -2.35. The van der Waals surface area contributed by atoms with Crippen LogP contribution in [0, 0.1) is 11.8 Å². The van der Waals surface area contributed by atoms with Crippen molar-refractivity contribution in [2.75, 3.05) is 19.7 Å². The van der Waals surface area contributed by atoms with E-state index in [4.69, 9.17) is 0 Å². The summed E-state index contributed by atoms with van der Waals surface area (Å²) in [6.07, 6.45) is 2.23. The third kappa shape index (κ3) is 2.81. The molecule has 1 saturated heterocycles. The number of piperidine rings is 1. The molecule has 12 heavy (non-hydrogen) atoms. The molecule has 1 fully saturated rings. The van der Waals surface area contributed by atoms with Crippen LogP contribution in [0.2, 0.25) is 0 Å². The molecule has 2 atom stereocenters. The number of hydrogen-bond donors (Lipinski definition) is 1. The van der Waals surface area contributed by atoms with Crippen LogP contribution in [0.5, 0.6) is 0 Å². The Balaban J connectivity index is 2.15. The van der Waals surface area contributed by atoms with E-state index in [-0.39, 0.29) is 0 Å². The molecule has 0 aliphatic carbocycles. The van der Waals surface area contributed by atoms with Gasteiger partial charge in [0.2, 0.25) is 0 Å². The molecule has 1 rings (SSSR count). The second kappa shape index (κ2) is 5.14. The predicted octanol–water partition coefficient (Wildman–Crippen LogP) is 0.795. The average molecular weight is 171 g/mol. The molecule has 0 aromatic rings. The van der Waals surface area contributed by atoms with Gasteiger partial charge in [-0.1, -0.05) is 6.92 Å². The molecule has 0 amide bonds. The number of carbonyl (C=O) groups excluding carboxylic acids is 1. The number of carbonyl (C=O) groups is 1. The Kier molecular flexibility index (Phi) is 4.08. The lowest BCUT2D eigenvalue weighted by Gasteiger charge is -2.29. The highest BCUT2D eigenvalue weighted by Gasteiger charge is 2.20. The van der Waals surface area contributed by atoms with Gasteiger partial charge in [0.25, 0.3) is 6.47 Å². The van der Waals surface area contributed by atoms with Gasteiger partial charge in [-0.2, -0.15) is 0 Å². The highest BCUT2D eigenvalue weighted by atomic mass is 16.5. The van der Waals surface area contributed by atoms with Crippen molar-refractivity contribution < 1.29 is 9.53 Å². The second-order valence-corrected chi connectivity index (χ2v) is 3.49. The Hall–Kier alpha value is -0.570. The molecule has 0 saturated carbocycles. The standard InChI is InChI=1S/C9H17NO2/c1-8-2-4-10-6-9(8)3-5-12-7-11/h7-10H,2-6H2,1H3. The molecule has 0 aromatic heterocycles. The Labute approximate surface area is 73.5 Å². The molecule has 0 bridgehead atoms. The first-order valence-electron chi connectivity index (χ1n) is 4.60. The number of ether oxygens (including phenoxy) is 1. The number of hydrogen-bond acceptors (Lipinski definition) is 3. The van der Waals surface area contributed by atoms with Crippen molar-refractivity contribution in [3.05, 3.63) is 0 Å². The van der Waals surface area contributed by atoms with E-state index in [1.807, 2.05) is 0 Å². The van der Waals surface area contributed by atoms with E-state index in [2.05, 4.69) is 17.0 Å². The van der Waals surface area contributed by atoms with Crippen LogP contribution in [0.15, 0.2) is 0 Å². The van der Waals surface area contributed by atoms with Crippen LogP contribution in [0.4, 0.5) is 0 Å². The quantitative estimate of drug-likeness (QED) is 0.502. The topological polar surface area (TPSA) is 38.3 Å². The zero-order chi connectivity index (χ0) is 8.81. The van der Waals surface area contributed by atoms with Crippen LogP contribution >= 0.6 is 0 Å². The summed E-state index contributed by atoms with van der Waals surface area (Å²) in [6.45, 7) is 5.57. The zero-order valence-electron chi connectivity index (χ0n) is 7.58. The van der Waals surface area contributed by atoms with E-state index in [9.17, 15) is 4.79 Å². The molecule has 1 aliphatic heterocycles. The lowest BCUT2D eigenvalue weighted by atomic mass is 9.86. The van der Waals surface area contributed by atoms with Crippen molar-refractivity contribution in [1.82, 2.24) is 5.32 Å². The third-order valence-electron chi connectivity index (χ3n) is 2.66. The summed E-state index contributed by atoms with van der Waals surface area (Å²) in [5.41, 5.74) is 0. The van der Waals surface area contributed by atoms with Gasteiger partial charge in [0.05, 0.1) is 6.61 Å². The monoisotopic (exact) mass is 171 g/mol. The summed E-state index contributed by atoms with van der Waals surface area (Å²) in [4.78, 5) is 9.89. The molecule has 1 N–H and O–H groups in total. The fraction of sp³-hybridized carbons (Fsp3) is 0.889. The van der Waals surface area contributed by atoms with E-state index in [0.717, 1.165) is 25.4 Å². The van der Waals surface area contributed by atoms with Gasteiger partial charge in [-0.3, -0.25) is 4.79 Å². The van der Waals surface area contributed by atoms with E-state index in [1.165, 1.54) is 6.42 Å². The van der Waals surface area contributed by atoms with Crippen molar-refractivity contribution in [2.24, 2.45) is 11.8 Å². The summed E-state index contributed by atoms with van der Waals surface area (Å²) in [5, 5.41) is 3.35. The summed E-state index contributed by atoms with van der Waals surface area (Å²) >= 11 is 0. The van der Waals surface area contributed by atoms with Crippen LogP contribution in [0.3, 0.4) is 0 Å². The van der Waals surface area contributed by atoms with Gasteiger partial charge in [-0.05, 0) is 37.8 Å². The van der Waals surface area contributed by atoms with Gasteiger partial charge in [0.1, 0.15) is 0 Å².